The maximum atomic E-state index is 12.4. The smallest absolute Gasteiger partial charge is 0.410 e. The summed E-state index contributed by atoms with van der Waals surface area (Å²) in [6.07, 6.45) is -1.14. The summed E-state index contributed by atoms with van der Waals surface area (Å²) in [5.41, 5.74) is -0.798. The van der Waals surface area contributed by atoms with Crippen molar-refractivity contribution < 1.29 is 59.1 Å². The van der Waals surface area contributed by atoms with Crippen molar-refractivity contribution in [3.63, 3.8) is 0 Å². The fourth-order valence-corrected chi connectivity index (χ4v) is 2.16. The highest BCUT2D eigenvalue weighted by Gasteiger charge is 2.24. The van der Waals surface area contributed by atoms with Crippen molar-refractivity contribution in [2.75, 3.05) is 52.7 Å². The van der Waals surface area contributed by atoms with Gasteiger partial charge in [-0.1, -0.05) is 0 Å². The van der Waals surface area contributed by atoms with Crippen LogP contribution in [0.15, 0.2) is 0 Å². The molecule has 32 heavy (non-hydrogen) atoms. The lowest BCUT2D eigenvalue weighted by Gasteiger charge is -2.27. The van der Waals surface area contributed by atoms with Gasteiger partial charge in [-0.25, -0.2) is 14.6 Å². The van der Waals surface area contributed by atoms with Crippen LogP contribution in [-0.4, -0.2) is 102 Å². The van der Waals surface area contributed by atoms with Crippen LogP contribution in [0, 0.1) is 11.8 Å². The van der Waals surface area contributed by atoms with Crippen LogP contribution in [0.3, 0.4) is 0 Å². The molecule has 1 amide bonds. The second-order valence-corrected chi connectivity index (χ2v) is 8.02. The van der Waals surface area contributed by atoms with Crippen LogP contribution in [0.2, 0.25) is 0 Å². The summed E-state index contributed by atoms with van der Waals surface area (Å²) in [4.78, 5) is 45.3. The zero-order valence-corrected chi connectivity index (χ0v) is 18.7. The van der Waals surface area contributed by atoms with Gasteiger partial charge in [0.05, 0.1) is 52.5 Å². The molecule has 0 bridgehead atoms. The number of amides is 1. The van der Waals surface area contributed by atoms with E-state index in [-0.39, 0.29) is 65.6 Å². The third kappa shape index (κ3) is 14.9. The summed E-state index contributed by atoms with van der Waals surface area (Å²) in [6, 6.07) is 0. The molecule has 0 aliphatic heterocycles. The average Bonchev–Trinajstić information content (AvgIpc) is 2.72. The fourth-order valence-electron chi connectivity index (χ4n) is 2.16. The molecule has 188 valence electrons. The molecule has 13 heteroatoms. The average molecular weight is 469 g/mol. The largest absolute Gasteiger partial charge is 0.465 e. The summed E-state index contributed by atoms with van der Waals surface area (Å²) in [7, 11) is 0. The van der Waals surface area contributed by atoms with Crippen molar-refractivity contribution in [1.29, 1.82) is 0 Å². The minimum absolute atomic E-state index is 0.0983. The van der Waals surface area contributed by atoms with E-state index >= 15 is 0 Å². The predicted octanol–water partition coefficient (Wildman–Crippen LogP) is 0.286. The number of carbonyl (C=O) groups excluding carboxylic acids is 3. The van der Waals surface area contributed by atoms with Crippen LogP contribution in [-0.2, 0) is 33.6 Å². The normalized spacial score (nSPS) is 13.2. The van der Waals surface area contributed by atoms with E-state index in [1.54, 1.807) is 20.8 Å². The van der Waals surface area contributed by atoms with Crippen molar-refractivity contribution in [2.45, 2.75) is 39.2 Å². The lowest BCUT2D eigenvalue weighted by atomic mass is 10.2. The molecule has 2 unspecified atom stereocenters. The van der Waals surface area contributed by atoms with E-state index in [1.165, 1.54) is 0 Å². The molecule has 4 N–H and O–H groups in total. The maximum absolute atomic E-state index is 12.4. The monoisotopic (exact) mass is 469 g/mol. The molecule has 2 atom stereocenters. The highest BCUT2D eigenvalue weighted by molar-refractivity contribution is 5.73. The van der Waals surface area contributed by atoms with E-state index in [2.05, 4.69) is 9.78 Å². The molecule has 13 nitrogen and oxygen atoms in total. The Morgan fingerprint density at radius 3 is 1.50 bits per heavy atom. The Kier molecular flexibility index (Phi) is 15.5. The van der Waals surface area contributed by atoms with E-state index in [0.29, 0.717) is 0 Å². The molecule has 0 aromatic carbocycles. The SMILES string of the molecule is CC(C)(C)OC(=O)N(CCC(=O)OCC(CO)COO)CCC(=O)OCC(CO)COO. The summed E-state index contributed by atoms with van der Waals surface area (Å²) >= 11 is 0. The molecule has 0 saturated carbocycles. The molecule has 0 saturated heterocycles. The standard InChI is InChI=1S/C19H35NO12/c1-19(2,3)32-18(25)20(6-4-16(23)28-10-14(8-21)12-30-26)7-5-17(24)29-11-15(9-22)13-31-27/h14-15,21-22,26-27H,4-13H2,1-3H3. The Morgan fingerprint density at radius 1 is 0.781 bits per heavy atom. The van der Waals surface area contributed by atoms with Gasteiger partial charge >= 0.3 is 18.0 Å². The summed E-state index contributed by atoms with van der Waals surface area (Å²) < 4.78 is 15.3. The number of carbonyl (C=O) groups is 3. The number of aliphatic hydroxyl groups is 2. The Balaban J connectivity index is 4.73. The molecule has 0 aliphatic rings. The van der Waals surface area contributed by atoms with Gasteiger partial charge in [-0.15, -0.1) is 0 Å². The minimum Gasteiger partial charge on any atom is -0.465 e. The Morgan fingerprint density at radius 2 is 1.19 bits per heavy atom. The van der Waals surface area contributed by atoms with E-state index in [0.717, 1.165) is 4.90 Å². The zero-order valence-electron chi connectivity index (χ0n) is 18.7. The van der Waals surface area contributed by atoms with Crippen LogP contribution in [0.1, 0.15) is 33.6 Å². The number of rotatable bonds is 16. The second-order valence-electron chi connectivity index (χ2n) is 8.02. The van der Waals surface area contributed by atoms with E-state index < -0.39 is 35.5 Å². The first kappa shape index (κ1) is 30.0. The minimum atomic E-state index is -0.798. The summed E-state index contributed by atoms with van der Waals surface area (Å²) in [5.74, 6) is -2.51. The third-order valence-corrected chi connectivity index (χ3v) is 3.92. The Bertz CT molecular complexity index is 517. The van der Waals surface area contributed by atoms with Gasteiger partial charge in [-0.2, -0.15) is 0 Å². The molecule has 0 spiro atoms. The molecule has 0 rings (SSSR count). The van der Waals surface area contributed by atoms with Crippen molar-refractivity contribution in [2.24, 2.45) is 11.8 Å². The number of nitrogens with zero attached hydrogens (tertiary/aromatic N) is 1. The van der Waals surface area contributed by atoms with Gasteiger partial charge < -0.3 is 29.3 Å². The summed E-state index contributed by atoms with van der Waals surface area (Å²) in [5, 5.41) is 35.0. The number of esters is 2. The summed E-state index contributed by atoms with van der Waals surface area (Å²) in [6.45, 7) is 3.30. The van der Waals surface area contributed by atoms with Crippen molar-refractivity contribution in [3.05, 3.63) is 0 Å². The fraction of sp³-hybridized carbons (Fsp3) is 0.842. The molecule has 0 fully saturated rings. The van der Waals surface area contributed by atoms with Gasteiger partial charge in [0.2, 0.25) is 0 Å². The maximum Gasteiger partial charge on any atom is 0.410 e. The van der Waals surface area contributed by atoms with Crippen LogP contribution in [0.5, 0.6) is 0 Å². The number of aliphatic hydroxyl groups excluding tert-OH is 2. The van der Waals surface area contributed by atoms with E-state index in [4.69, 9.17) is 34.9 Å². The lowest BCUT2D eigenvalue weighted by Crippen LogP contribution is -2.39. The first-order chi connectivity index (χ1) is 15.1. The van der Waals surface area contributed by atoms with Crippen LogP contribution < -0.4 is 0 Å². The number of ether oxygens (including phenoxy) is 3. The van der Waals surface area contributed by atoms with Gasteiger partial charge in [-0.05, 0) is 20.8 Å². The first-order valence-electron chi connectivity index (χ1n) is 10.1. The quantitative estimate of drug-likeness (QED) is 0.105. The molecular weight excluding hydrogens is 434 g/mol. The number of hydrogen-bond acceptors (Lipinski definition) is 12. The highest BCUT2D eigenvalue weighted by Crippen LogP contribution is 2.11. The van der Waals surface area contributed by atoms with Gasteiger partial charge in [0.1, 0.15) is 5.60 Å². The van der Waals surface area contributed by atoms with Gasteiger partial charge in [-0.3, -0.25) is 20.1 Å². The van der Waals surface area contributed by atoms with Crippen molar-refractivity contribution >= 4 is 18.0 Å². The van der Waals surface area contributed by atoms with Crippen LogP contribution in [0.4, 0.5) is 4.79 Å². The molecule has 0 heterocycles. The first-order valence-corrected chi connectivity index (χ1v) is 10.1. The Hall–Kier alpha value is -2.03. The highest BCUT2D eigenvalue weighted by atomic mass is 17.1. The molecule has 0 aromatic heterocycles. The molecular formula is C19H35NO12. The molecule has 0 radical (unpaired) electrons. The van der Waals surface area contributed by atoms with Crippen LogP contribution in [0.25, 0.3) is 0 Å². The molecule has 0 aromatic rings. The number of hydrogen-bond donors (Lipinski definition) is 4. The topological polar surface area (TPSA) is 182 Å². The van der Waals surface area contributed by atoms with E-state index in [1.807, 2.05) is 0 Å². The third-order valence-electron chi connectivity index (χ3n) is 3.92. The van der Waals surface area contributed by atoms with Crippen molar-refractivity contribution in [3.8, 4) is 0 Å². The van der Waals surface area contributed by atoms with Gasteiger partial charge in [0.25, 0.3) is 0 Å². The zero-order chi connectivity index (χ0) is 24.6. The van der Waals surface area contributed by atoms with Gasteiger partial charge in [0.15, 0.2) is 0 Å². The second kappa shape index (κ2) is 16.6. The van der Waals surface area contributed by atoms with Crippen molar-refractivity contribution in [1.82, 2.24) is 4.90 Å². The lowest BCUT2D eigenvalue weighted by molar-refractivity contribution is -0.254. The van der Waals surface area contributed by atoms with E-state index in [9.17, 15) is 14.4 Å². The van der Waals surface area contributed by atoms with Crippen LogP contribution >= 0.6 is 0 Å². The predicted molar refractivity (Wildman–Crippen MR) is 107 cm³/mol. The molecule has 0 aliphatic carbocycles. The Labute approximate surface area is 186 Å². The van der Waals surface area contributed by atoms with Gasteiger partial charge in [0, 0.05) is 24.9 Å².